The van der Waals surface area contributed by atoms with Gasteiger partial charge in [0.05, 0.1) is 5.56 Å². The molecule has 1 aromatic carbocycles. The first-order valence-corrected chi connectivity index (χ1v) is 5.48. The first kappa shape index (κ1) is 12.8. The van der Waals surface area contributed by atoms with Crippen LogP contribution in [0.2, 0.25) is 0 Å². The van der Waals surface area contributed by atoms with Crippen LogP contribution >= 0.6 is 0 Å². The Balaban J connectivity index is 3.08. The molecule has 0 aliphatic carbocycles. The van der Waals surface area contributed by atoms with Gasteiger partial charge >= 0.3 is 0 Å². The fourth-order valence-corrected chi connectivity index (χ4v) is 1.86. The van der Waals surface area contributed by atoms with Crippen molar-refractivity contribution in [2.24, 2.45) is 11.7 Å². The second kappa shape index (κ2) is 5.21. The molecular formula is C13H18FNO. The average Bonchev–Trinajstić information content (AvgIpc) is 2.16. The van der Waals surface area contributed by atoms with Gasteiger partial charge in [0.25, 0.3) is 0 Å². The maximum atomic E-state index is 13.7. The molecule has 3 heteroatoms. The molecule has 1 aromatic rings. The topological polar surface area (TPSA) is 43.1 Å². The number of Topliss-reactive ketones (excluding diaryl/α,β-unsaturated/α-hetero) is 1. The number of nitrogens with two attached hydrogens (primary N) is 1. The zero-order valence-corrected chi connectivity index (χ0v) is 10.0. The van der Waals surface area contributed by atoms with E-state index in [1.807, 2.05) is 13.0 Å². The van der Waals surface area contributed by atoms with Gasteiger partial charge < -0.3 is 5.73 Å². The fourth-order valence-electron chi connectivity index (χ4n) is 1.86. The van der Waals surface area contributed by atoms with E-state index in [4.69, 9.17) is 5.73 Å². The lowest BCUT2D eigenvalue weighted by Gasteiger charge is -2.12. The molecule has 0 spiro atoms. The summed E-state index contributed by atoms with van der Waals surface area (Å²) < 4.78 is 13.7. The Morgan fingerprint density at radius 1 is 1.44 bits per heavy atom. The van der Waals surface area contributed by atoms with Gasteiger partial charge in [0.1, 0.15) is 5.82 Å². The summed E-state index contributed by atoms with van der Waals surface area (Å²) in [6, 6.07) is 3.22. The third-order valence-corrected chi connectivity index (χ3v) is 2.73. The zero-order chi connectivity index (χ0) is 12.3. The summed E-state index contributed by atoms with van der Waals surface area (Å²) in [5.74, 6) is -0.798. The summed E-state index contributed by atoms with van der Waals surface area (Å²) in [7, 11) is 0. The van der Waals surface area contributed by atoms with E-state index in [9.17, 15) is 9.18 Å². The Kier molecular flexibility index (Phi) is 4.19. The summed E-state index contributed by atoms with van der Waals surface area (Å²) in [6.45, 7) is 5.81. The number of aryl methyl sites for hydroxylation is 2. The highest BCUT2D eigenvalue weighted by Crippen LogP contribution is 2.20. The van der Waals surface area contributed by atoms with Crippen molar-refractivity contribution in [3.8, 4) is 0 Å². The van der Waals surface area contributed by atoms with E-state index in [1.54, 1.807) is 13.8 Å². The van der Waals surface area contributed by atoms with Gasteiger partial charge in [-0.2, -0.15) is 0 Å². The lowest BCUT2D eigenvalue weighted by molar-refractivity contribution is 0.0920. The third kappa shape index (κ3) is 2.67. The SMILES string of the molecule is Cc1cc(C)c(C(=O)C(C)CCN)c(F)c1. The van der Waals surface area contributed by atoms with Crippen LogP contribution < -0.4 is 5.73 Å². The van der Waals surface area contributed by atoms with Crippen molar-refractivity contribution >= 4 is 5.78 Å². The predicted octanol–water partition coefficient (Wildman–Crippen LogP) is 2.61. The van der Waals surface area contributed by atoms with Crippen LogP contribution in [0, 0.1) is 25.6 Å². The second-order valence-electron chi connectivity index (χ2n) is 4.28. The quantitative estimate of drug-likeness (QED) is 0.797. The van der Waals surface area contributed by atoms with E-state index in [2.05, 4.69) is 0 Å². The van der Waals surface area contributed by atoms with E-state index < -0.39 is 5.82 Å². The van der Waals surface area contributed by atoms with Crippen LogP contribution in [0.15, 0.2) is 12.1 Å². The van der Waals surface area contributed by atoms with Crippen LogP contribution in [0.1, 0.15) is 34.8 Å². The van der Waals surface area contributed by atoms with Gasteiger partial charge in [-0.3, -0.25) is 4.79 Å². The number of benzene rings is 1. The van der Waals surface area contributed by atoms with Crippen LogP contribution in [0.3, 0.4) is 0 Å². The molecule has 0 amide bonds. The van der Waals surface area contributed by atoms with E-state index in [-0.39, 0.29) is 17.3 Å². The maximum absolute atomic E-state index is 13.7. The minimum atomic E-state index is -0.425. The molecule has 1 rings (SSSR count). The van der Waals surface area contributed by atoms with Crippen LogP contribution in [0.25, 0.3) is 0 Å². The minimum Gasteiger partial charge on any atom is -0.330 e. The summed E-state index contributed by atoms with van der Waals surface area (Å²) in [6.07, 6.45) is 0.589. The molecule has 0 fully saturated rings. The lowest BCUT2D eigenvalue weighted by Crippen LogP contribution is -2.18. The Bertz CT molecular complexity index is 378. The Morgan fingerprint density at radius 3 is 2.56 bits per heavy atom. The van der Waals surface area contributed by atoms with Crippen LogP contribution in [0.4, 0.5) is 4.39 Å². The molecular weight excluding hydrogens is 205 g/mol. The van der Waals surface area contributed by atoms with Crippen molar-refractivity contribution < 1.29 is 9.18 Å². The number of ketones is 1. The van der Waals surface area contributed by atoms with E-state index in [0.29, 0.717) is 18.5 Å². The van der Waals surface area contributed by atoms with Crippen molar-refractivity contribution in [2.75, 3.05) is 6.54 Å². The van der Waals surface area contributed by atoms with Crippen molar-refractivity contribution in [3.05, 3.63) is 34.6 Å². The summed E-state index contributed by atoms with van der Waals surface area (Å²) in [4.78, 5) is 12.0. The molecule has 0 saturated heterocycles. The van der Waals surface area contributed by atoms with Gasteiger partial charge in [-0.15, -0.1) is 0 Å². The molecule has 88 valence electrons. The number of carbonyl (C=O) groups excluding carboxylic acids is 1. The van der Waals surface area contributed by atoms with Gasteiger partial charge in [0, 0.05) is 5.92 Å². The largest absolute Gasteiger partial charge is 0.330 e. The minimum absolute atomic E-state index is 0.152. The maximum Gasteiger partial charge on any atom is 0.168 e. The highest BCUT2D eigenvalue weighted by Gasteiger charge is 2.20. The lowest BCUT2D eigenvalue weighted by atomic mass is 9.92. The molecule has 0 aromatic heterocycles. The first-order valence-electron chi connectivity index (χ1n) is 5.48. The number of hydrogen-bond acceptors (Lipinski definition) is 2. The summed E-state index contributed by atoms with van der Waals surface area (Å²) in [5, 5.41) is 0. The molecule has 2 N–H and O–H groups in total. The zero-order valence-electron chi connectivity index (χ0n) is 10.0. The molecule has 0 saturated carbocycles. The number of halogens is 1. The highest BCUT2D eigenvalue weighted by molar-refractivity contribution is 5.99. The fraction of sp³-hybridized carbons (Fsp3) is 0.462. The molecule has 0 aliphatic rings. The molecule has 0 radical (unpaired) electrons. The van der Waals surface area contributed by atoms with Crippen molar-refractivity contribution in [1.82, 2.24) is 0 Å². The second-order valence-corrected chi connectivity index (χ2v) is 4.28. The Labute approximate surface area is 95.7 Å². The molecule has 1 atom stereocenters. The van der Waals surface area contributed by atoms with Gasteiger partial charge in [-0.25, -0.2) is 4.39 Å². The first-order chi connectivity index (χ1) is 7.47. The Hall–Kier alpha value is -1.22. The summed E-state index contributed by atoms with van der Waals surface area (Å²) >= 11 is 0. The highest BCUT2D eigenvalue weighted by atomic mass is 19.1. The summed E-state index contributed by atoms with van der Waals surface area (Å²) in [5.41, 5.74) is 7.15. The third-order valence-electron chi connectivity index (χ3n) is 2.73. The molecule has 0 heterocycles. The van der Waals surface area contributed by atoms with Gasteiger partial charge in [0.15, 0.2) is 5.78 Å². The van der Waals surface area contributed by atoms with Gasteiger partial charge in [-0.05, 0) is 44.0 Å². The predicted molar refractivity (Wildman–Crippen MR) is 63.0 cm³/mol. The smallest absolute Gasteiger partial charge is 0.168 e. The van der Waals surface area contributed by atoms with Gasteiger partial charge in [-0.1, -0.05) is 13.0 Å². The van der Waals surface area contributed by atoms with Crippen molar-refractivity contribution in [2.45, 2.75) is 27.2 Å². The Morgan fingerprint density at radius 2 is 2.06 bits per heavy atom. The molecule has 0 bridgehead atoms. The monoisotopic (exact) mass is 223 g/mol. The number of rotatable bonds is 4. The molecule has 0 aliphatic heterocycles. The normalized spacial score (nSPS) is 12.6. The van der Waals surface area contributed by atoms with E-state index >= 15 is 0 Å². The van der Waals surface area contributed by atoms with E-state index in [1.165, 1.54) is 6.07 Å². The molecule has 16 heavy (non-hydrogen) atoms. The number of hydrogen-bond donors (Lipinski definition) is 1. The van der Waals surface area contributed by atoms with Crippen molar-refractivity contribution in [1.29, 1.82) is 0 Å². The average molecular weight is 223 g/mol. The van der Waals surface area contributed by atoms with Gasteiger partial charge in [0.2, 0.25) is 0 Å². The van der Waals surface area contributed by atoms with Crippen LogP contribution in [-0.2, 0) is 0 Å². The molecule has 1 unspecified atom stereocenters. The standard InChI is InChI=1S/C13H18FNO/c1-8-6-10(3)12(11(14)7-8)13(16)9(2)4-5-15/h6-7,9H,4-5,15H2,1-3H3. The van der Waals surface area contributed by atoms with Crippen LogP contribution in [-0.4, -0.2) is 12.3 Å². The molecule has 2 nitrogen and oxygen atoms in total. The van der Waals surface area contributed by atoms with Crippen molar-refractivity contribution in [3.63, 3.8) is 0 Å². The van der Waals surface area contributed by atoms with Crippen LogP contribution in [0.5, 0.6) is 0 Å². The number of carbonyl (C=O) groups is 1. The van der Waals surface area contributed by atoms with E-state index in [0.717, 1.165) is 5.56 Å².